The van der Waals surface area contributed by atoms with Crippen molar-refractivity contribution in [1.82, 2.24) is 24.6 Å². The maximum atomic E-state index is 13.9. The Morgan fingerprint density at radius 1 is 1.22 bits per heavy atom. The Hall–Kier alpha value is -2.71. The Bertz CT molecular complexity index is 1240. The molecular formula is C22H31N6O8P. The predicted octanol–water partition coefficient (Wildman–Crippen LogP) is 0.839. The Balaban J connectivity index is 1.55. The molecule has 1 aliphatic carbocycles. The van der Waals surface area contributed by atoms with Crippen LogP contribution in [0.3, 0.4) is 0 Å². The second-order valence-corrected chi connectivity index (χ2v) is 10.6. The second kappa shape index (κ2) is 11.0. The highest BCUT2D eigenvalue weighted by Gasteiger charge is 2.49. The molecule has 2 aliphatic rings. The number of nitrogen functional groups attached to an aromatic ring is 1. The largest absolute Gasteiger partial charge is 0.468 e. The van der Waals surface area contributed by atoms with Crippen molar-refractivity contribution in [3.63, 3.8) is 0 Å². The molecule has 4 rings (SSSR count). The van der Waals surface area contributed by atoms with Crippen LogP contribution in [0, 0.1) is 5.92 Å². The molecule has 14 nitrogen and oxygen atoms in total. The molecule has 3 heterocycles. The third kappa shape index (κ3) is 5.60. The number of anilines is 1. The number of esters is 1. The van der Waals surface area contributed by atoms with Crippen LogP contribution >= 0.6 is 7.75 Å². The number of hydrogen-bond acceptors (Lipinski definition) is 12. The van der Waals surface area contributed by atoms with Crippen molar-refractivity contribution in [3.05, 3.63) is 37.0 Å². The molecule has 0 saturated carbocycles. The van der Waals surface area contributed by atoms with Crippen LogP contribution in [-0.4, -0.2) is 79.4 Å². The Morgan fingerprint density at radius 2 is 1.95 bits per heavy atom. The first-order chi connectivity index (χ1) is 17.5. The zero-order valence-electron chi connectivity index (χ0n) is 20.7. The van der Waals surface area contributed by atoms with Crippen molar-refractivity contribution < 1.29 is 38.1 Å². The minimum atomic E-state index is -4.19. The van der Waals surface area contributed by atoms with Gasteiger partial charge in [-0.3, -0.25) is 18.4 Å². The van der Waals surface area contributed by atoms with Crippen molar-refractivity contribution in [3.8, 4) is 0 Å². The van der Waals surface area contributed by atoms with Crippen LogP contribution in [0.2, 0.25) is 0 Å². The number of allylic oxidation sites excluding steroid dienone is 2. The van der Waals surface area contributed by atoms with Crippen molar-refractivity contribution in [2.45, 2.75) is 63.6 Å². The molecule has 5 N–H and O–H groups in total. The van der Waals surface area contributed by atoms with Crippen molar-refractivity contribution in [2.24, 2.45) is 5.92 Å². The first-order valence-corrected chi connectivity index (χ1v) is 13.2. The number of nitrogens with two attached hydrogens (primary N) is 1. The lowest BCUT2D eigenvalue weighted by Gasteiger charge is -2.31. The van der Waals surface area contributed by atoms with E-state index in [-0.39, 0.29) is 11.7 Å². The smallest absolute Gasteiger partial charge is 0.407 e. The van der Waals surface area contributed by atoms with Crippen LogP contribution in [-0.2, 0) is 27.9 Å². The van der Waals surface area contributed by atoms with Gasteiger partial charge in [0.15, 0.2) is 17.7 Å². The summed E-state index contributed by atoms with van der Waals surface area (Å²) in [6, 6.07) is -1.03. The number of carbonyl (C=O) groups is 1. The normalized spacial score (nSPS) is 30.8. The standard InChI is InChI=1S/C22H31N6O8P/c1-11-7-5-6-8-14(11)36-37(32,27-12(2)22(31)33-4)35-13(3)18-16(29)17(30)21(34-18)28-10-26-15-19(23)24-9-25-20(15)28/h5-14,16-18,21,29-30H,1-4H3,(H,27,32)(H2,23,24,25)/t11?,12-,13-,14?,16+,17-,18-,21-,37+/m1/s1. The van der Waals surface area contributed by atoms with Gasteiger partial charge in [0.05, 0.1) is 25.6 Å². The summed E-state index contributed by atoms with van der Waals surface area (Å²) in [5.41, 5.74) is 6.45. The molecule has 37 heavy (non-hydrogen) atoms. The van der Waals surface area contributed by atoms with E-state index in [1.54, 1.807) is 12.2 Å². The van der Waals surface area contributed by atoms with Crippen molar-refractivity contribution >= 4 is 30.7 Å². The van der Waals surface area contributed by atoms with Gasteiger partial charge in [0.25, 0.3) is 0 Å². The molecule has 0 spiro atoms. The molecule has 0 aromatic carbocycles. The van der Waals surface area contributed by atoms with Crippen molar-refractivity contribution in [2.75, 3.05) is 12.8 Å². The van der Waals surface area contributed by atoms with Gasteiger partial charge < -0.3 is 25.4 Å². The number of aromatic nitrogens is 4. The van der Waals surface area contributed by atoms with Crippen LogP contribution in [0.15, 0.2) is 37.0 Å². The SMILES string of the molecule is COC(=O)[C@@H](C)N[P@@](=O)(OC1C=CC=CC1C)O[C@H](C)[C@H]1O[C@@H](n2cnc3c(N)ncnc32)[C@H](O)[C@@H]1O. The lowest BCUT2D eigenvalue weighted by molar-refractivity contribution is -0.142. The maximum absolute atomic E-state index is 13.9. The van der Waals surface area contributed by atoms with Gasteiger partial charge in [-0.1, -0.05) is 31.2 Å². The average molecular weight is 538 g/mol. The zero-order chi connectivity index (χ0) is 26.9. The Labute approximate surface area is 213 Å². The fraction of sp³-hybridized carbons (Fsp3) is 0.545. The summed E-state index contributed by atoms with van der Waals surface area (Å²) < 4.78 is 37.6. The highest BCUT2D eigenvalue weighted by molar-refractivity contribution is 7.51. The third-order valence-electron chi connectivity index (χ3n) is 6.22. The molecular weight excluding hydrogens is 507 g/mol. The van der Waals surface area contributed by atoms with Gasteiger partial charge in [-0.05, 0) is 13.8 Å². The van der Waals surface area contributed by atoms with Gasteiger partial charge >= 0.3 is 13.7 Å². The molecule has 9 atom stereocenters. The van der Waals surface area contributed by atoms with Gasteiger partial charge in [0.2, 0.25) is 0 Å². The van der Waals surface area contributed by atoms with Crippen LogP contribution < -0.4 is 10.8 Å². The van der Waals surface area contributed by atoms with Crippen molar-refractivity contribution in [1.29, 1.82) is 0 Å². The summed E-state index contributed by atoms with van der Waals surface area (Å²) in [4.78, 5) is 24.2. The summed E-state index contributed by atoms with van der Waals surface area (Å²) >= 11 is 0. The number of nitrogens with zero attached hydrogens (tertiary/aromatic N) is 4. The summed E-state index contributed by atoms with van der Waals surface area (Å²) in [7, 11) is -2.99. The van der Waals surface area contributed by atoms with Gasteiger partial charge in [-0.15, -0.1) is 0 Å². The molecule has 2 unspecified atom stereocenters. The number of fused-ring (bicyclic) bond motifs is 1. The lowest BCUT2D eigenvalue weighted by atomic mass is 10.0. The van der Waals surface area contributed by atoms with Crippen LogP contribution in [0.4, 0.5) is 5.82 Å². The van der Waals surface area contributed by atoms with E-state index in [1.807, 2.05) is 19.1 Å². The average Bonchev–Trinajstić information content (AvgIpc) is 3.41. The highest BCUT2D eigenvalue weighted by atomic mass is 31.2. The lowest BCUT2D eigenvalue weighted by Crippen LogP contribution is -2.41. The molecule has 1 saturated heterocycles. The molecule has 1 aliphatic heterocycles. The van der Waals surface area contributed by atoms with Crippen LogP contribution in [0.25, 0.3) is 11.2 Å². The van der Waals surface area contributed by atoms with E-state index in [2.05, 4.69) is 20.0 Å². The number of ether oxygens (including phenoxy) is 2. The summed E-state index contributed by atoms with van der Waals surface area (Å²) in [5, 5.41) is 24.2. The Kier molecular flexibility index (Phi) is 8.09. The number of methoxy groups -OCH3 is 1. The summed E-state index contributed by atoms with van der Waals surface area (Å²) in [5.74, 6) is -0.654. The van der Waals surface area contributed by atoms with Gasteiger partial charge in [-0.2, -0.15) is 0 Å². The Morgan fingerprint density at radius 3 is 2.65 bits per heavy atom. The first-order valence-electron chi connectivity index (χ1n) is 11.7. The minimum absolute atomic E-state index is 0.129. The van der Waals surface area contributed by atoms with E-state index < -0.39 is 56.5 Å². The van der Waals surface area contributed by atoms with Gasteiger partial charge in [0.1, 0.15) is 36.2 Å². The second-order valence-electron chi connectivity index (χ2n) is 8.94. The molecule has 1 fully saturated rings. The number of aliphatic hydroxyl groups excluding tert-OH is 2. The maximum Gasteiger partial charge on any atom is 0.407 e. The number of aliphatic hydroxyl groups is 2. The quantitative estimate of drug-likeness (QED) is 0.259. The number of carbonyl (C=O) groups excluding carboxylic acids is 1. The number of hydrogen-bond donors (Lipinski definition) is 4. The highest BCUT2D eigenvalue weighted by Crippen LogP contribution is 2.50. The predicted molar refractivity (Wildman–Crippen MR) is 131 cm³/mol. The summed E-state index contributed by atoms with van der Waals surface area (Å²) in [6.07, 6.45) is 3.04. The number of nitrogens with one attached hydrogen (secondary N) is 1. The van der Waals surface area contributed by atoms with Gasteiger partial charge in [0, 0.05) is 5.92 Å². The van der Waals surface area contributed by atoms with E-state index >= 15 is 0 Å². The van der Waals surface area contributed by atoms with Crippen LogP contribution in [0.5, 0.6) is 0 Å². The van der Waals surface area contributed by atoms with Crippen LogP contribution in [0.1, 0.15) is 27.0 Å². The molecule has 2 aromatic heterocycles. The zero-order valence-corrected chi connectivity index (χ0v) is 21.6. The topological polar surface area (TPSA) is 193 Å². The number of rotatable bonds is 9. The first kappa shape index (κ1) is 27.3. The summed E-state index contributed by atoms with van der Waals surface area (Å²) in [6.45, 7) is 4.84. The van der Waals surface area contributed by atoms with E-state index in [4.69, 9.17) is 24.3 Å². The van der Waals surface area contributed by atoms with E-state index in [9.17, 15) is 19.6 Å². The number of imidazole rings is 1. The molecule has 0 amide bonds. The fourth-order valence-electron chi connectivity index (χ4n) is 4.18. The van der Waals surface area contributed by atoms with E-state index in [1.165, 1.54) is 38.2 Å². The fourth-order valence-corrected chi connectivity index (χ4v) is 6.07. The molecule has 0 bridgehead atoms. The minimum Gasteiger partial charge on any atom is -0.468 e. The molecule has 2 aromatic rings. The van der Waals surface area contributed by atoms with E-state index in [0.29, 0.717) is 11.2 Å². The molecule has 202 valence electrons. The molecule has 0 radical (unpaired) electrons. The monoisotopic (exact) mass is 538 g/mol. The third-order valence-corrected chi connectivity index (χ3v) is 8.05. The van der Waals surface area contributed by atoms with E-state index in [0.717, 1.165) is 0 Å². The van der Waals surface area contributed by atoms with Gasteiger partial charge in [-0.25, -0.2) is 24.6 Å². The molecule has 15 heteroatoms.